The van der Waals surface area contributed by atoms with Crippen LogP contribution in [0.4, 0.5) is 12.6 Å². The molecule has 0 saturated carbocycles. The van der Waals surface area contributed by atoms with Crippen LogP contribution in [-0.4, -0.2) is 9.46 Å². The van der Waals surface area contributed by atoms with E-state index >= 15 is 0 Å². The van der Waals surface area contributed by atoms with Crippen LogP contribution in [0.2, 0.25) is 6.04 Å². The van der Waals surface area contributed by atoms with Crippen LogP contribution < -0.4 is 0 Å². The van der Waals surface area contributed by atoms with E-state index in [4.69, 9.17) is 0 Å². The van der Waals surface area contributed by atoms with Gasteiger partial charge in [-0.05, 0) is 36.6 Å². The van der Waals surface area contributed by atoms with Crippen LogP contribution in [0.1, 0.15) is 12.0 Å². The Morgan fingerprint density at radius 1 is 1.08 bits per heavy atom. The van der Waals surface area contributed by atoms with Crippen LogP contribution in [0.25, 0.3) is 0 Å². The predicted molar refractivity (Wildman–Crippen MR) is 48.9 cm³/mol. The number of aryl methyl sites for hydroxylation is 1. The molecule has 0 nitrogen and oxygen atoms in total. The Bertz CT molecular complexity index is 246. The van der Waals surface area contributed by atoms with E-state index in [2.05, 4.69) is 0 Å². The maximum Gasteiger partial charge on any atom is 0.411 e. The van der Waals surface area contributed by atoms with Gasteiger partial charge in [-0.3, -0.25) is 8.22 Å². The van der Waals surface area contributed by atoms with Gasteiger partial charge >= 0.3 is 9.46 Å². The molecule has 0 atom stereocenters. The summed E-state index contributed by atoms with van der Waals surface area (Å²) in [7, 11) is -3.40. The van der Waals surface area contributed by atoms with E-state index < -0.39 is 9.46 Å². The van der Waals surface area contributed by atoms with Crippen molar-refractivity contribution in [2.45, 2.75) is 18.9 Å². The van der Waals surface area contributed by atoms with Crippen LogP contribution >= 0.6 is 0 Å². The van der Waals surface area contributed by atoms with Gasteiger partial charge in [0, 0.05) is 0 Å². The second kappa shape index (κ2) is 5.06. The summed E-state index contributed by atoms with van der Waals surface area (Å²) in [4.78, 5) is 0. The van der Waals surface area contributed by atoms with Crippen molar-refractivity contribution in [3.63, 3.8) is 0 Å². The first-order chi connectivity index (χ1) is 6.18. The smallest absolute Gasteiger partial charge is 0.275 e. The number of hydrogen-bond donors (Lipinski definition) is 0. The molecule has 0 fully saturated rings. The number of hydrogen-bond acceptors (Lipinski definition) is 0. The van der Waals surface area contributed by atoms with Gasteiger partial charge in [0.15, 0.2) is 0 Å². The Morgan fingerprint density at radius 2 is 1.69 bits per heavy atom. The summed E-state index contributed by atoms with van der Waals surface area (Å²) in [6.45, 7) is 0. The normalized spacial score (nSPS) is 10.8. The molecule has 0 spiro atoms. The third-order valence-corrected chi connectivity index (χ3v) is 2.65. The number of benzene rings is 1. The monoisotopic (exact) mass is 204 g/mol. The highest BCUT2D eigenvalue weighted by Crippen LogP contribution is 2.09. The molecule has 1 aromatic carbocycles. The van der Waals surface area contributed by atoms with Crippen LogP contribution in [0.15, 0.2) is 24.3 Å². The molecule has 0 aromatic heterocycles. The topological polar surface area (TPSA) is 0 Å². The summed E-state index contributed by atoms with van der Waals surface area (Å²) >= 11 is 0. The van der Waals surface area contributed by atoms with Gasteiger partial charge < -0.3 is 0 Å². The average Bonchev–Trinajstić information content (AvgIpc) is 2.08. The van der Waals surface area contributed by atoms with E-state index in [0.29, 0.717) is 12.8 Å². The van der Waals surface area contributed by atoms with Crippen molar-refractivity contribution in [3.8, 4) is 0 Å². The minimum Gasteiger partial charge on any atom is -0.275 e. The Balaban J connectivity index is 2.33. The first kappa shape index (κ1) is 10.3. The second-order valence-corrected chi connectivity index (χ2v) is 4.27. The molecule has 0 aliphatic rings. The van der Waals surface area contributed by atoms with E-state index in [0.717, 1.165) is 5.56 Å². The zero-order chi connectivity index (χ0) is 9.68. The third-order valence-electron chi connectivity index (χ3n) is 1.80. The first-order valence-corrected chi connectivity index (χ1v) is 5.90. The second-order valence-electron chi connectivity index (χ2n) is 2.91. The van der Waals surface area contributed by atoms with Crippen molar-refractivity contribution in [1.29, 1.82) is 0 Å². The SMILES string of the molecule is Fc1ccc(CCC[SiH](F)F)cc1. The van der Waals surface area contributed by atoms with Crippen LogP contribution in [-0.2, 0) is 6.42 Å². The molecule has 0 N–H and O–H groups in total. The summed E-state index contributed by atoms with van der Waals surface area (Å²) in [6.07, 6.45) is 1.13. The van der Waals surface area contributed by atoms with Gasteiger partial charge in [-0.25, -0.2) is 4.39 Å². The van der Waals surface area contributed by atoms with Crippen molar-refractivity contribution in [2.75, 3.05) is 0 Å². The van der Waals surface area contributed by atoms with Gasteiger partial charge in [-0.2, -0.15) is 0 Å². The molecule has 1 rings (SSSR count). The molecule has 0 bridgehead atoms. The minimum absolute atomic E-state index is 0.0530. The minimum atomic E-state index is -3.40. The van der Waals surface area contributed by atoms with Gasteiger partial charge in [0.25, 0.3) is 0 Å². The molecular formula is C9H11F3Si. The molecule has 0 aliphatic heterocycles. The zero-order valence-corrected chi connectivity index (χ0v) is 8.30. The third kappa shape index (κ3) is 4.12. The Kier molecular flexibility index (Phi) is 4.02. The van der Waals surface area contributed by atoms with E-state index in [1.54, 1.807) is 12.1 Å². The highest BCUT2D eigenvalue weighted by Gasteiger charge is 2.05. The fourth-order valence-corrected chi connectivity index (χ4v) is 1.62. The van der Waals surface area contributed by atoms with E-state index in [9.17, 15) is 12.6 Å². The molecular weight excluding hydrogens is 193 g/mol. The quantitative estimate of drug-likeness (QED) is 0.522. The summed E-state index contributed by atoms with van der Waals surface area (Å²) in [5.74, 6) is -0.285. The fraction of sp³-hybridized carbons (Fsp3) is 0.333. The highest BCUT2D eigenvalue weighted by molar-refractivity contribution is 6.42. The van der Waals surface area contributed by atoms with Gasteiger partial charge in [0.2, 0.25) is 0 Å². The van der Waals surface area contributed by atoms with Gasteiger partial charge in [0.05, 0.1) is 0 Å². The van der Waals surface area contributed by atoms with Crippen LogP contribution in [0.5, 0.6) is 0 Å². The first-order valence-electron chi connectivity index (χ1n) is 4.21. The van der Waals surface area contributed by atoms with Crippen molar-refractivity contribution in [2.24, 2.45) is 0 Å². The average molecular weight is 204 g/mol. The molecule has 0 amide bonds. The van der Waals surface area contributed by atoms with Crippen molar-refractivity contribution in [1.82, 2.24) is 0 Å². The molecule has 0 unspecified atom stereocenters. The van der Waals surface area contributed by atoms with E-state index in [1.165, 1.54) is 12.1 Å². The molecule has 72 valence electrons. The van der Waals surface area contributed by atoms with Gasteiger partial charge in [-0.15, -0.1) is 0 Å². The van der Waals surface area contributed by atoms with Crippen molar-refractivity contribution < 1.29 is 12.6 Å². The predicted octanol–water partition coefficient (Wildman–Crippen LogP) is 2.92. The van der Waals surface area contributed by atoms with Gasteiger partial charge in [-0.1, -0.05) is 12.1 Å². The van der Waals surface area contributed by atoms with Crippen LogP contribution in [0.3, 0.4) is 0 Å². The Labute approximate surface area is 77.3 Å². The molecule has 0 aliphatic carbocycles. The van der Waals surface area contributed by atoms with Crippen molar-refractivity contribution in [3.05, 3.63) is 35.6 Å². The summed E-state index contributed by atoms with van der Waals surface area (Å²) in [5.41, 5.74) is 0.927. The lowest BCUT2D eigenvalue weighted by Crippen LogP contribution is -1.96. The molecule has 4 heteroatoms. The van der Waals surface area contributed by atoms with Crippen molar-refractivity contribution >= 4 is 9.46 Å². The largest absolute Gasteiger partial charge is 0.411 e. The lowest BCUT2D eigenvalue weighted by atomic mass is 10.1. The lowest BCUT2D eigenvalue weighted by molar-refractivity contribution is 0.625. The van der Waals surface area contributed by atoms with E-state index in [1.807, 2.05) is 0 Å². The molecule has 0 radical (unpaired) electrons. The lowest BCUT2D eigenvalue weighted by Gasteiger charge is -1.99. The zero-order valence-electron chi connectivity index (χ0n) is 7.14. The van der Waals surface area contributed by atoms with Crippen LogP contribution in [0, 0.1) is 5.82 Å². The fourth-order valence-electron chi connectivity index (χ4n) is 1.11. The number of rotatable bonds is 4. The maximum atomic E-state index is 12.4. The standard InChI is InChI=1S/C9H11F3Si/c10-9-5-3-8(4-6-9)2-1-7-13(11)12/h3-6,13H,1-2,7H2. The maximum absolute atomic E-state index is 12.4. The summed E-state index contributed by atoms with van der Waals surface area (Å²) < 4.78 is 36.2. The number of halogens is 3. The summed E-state index contributed by atoms with van der Waals surface area (Å²) in [5, 5.41) is 0. The highest BCUT2D eigenvalue weighted by atomic mass is 28.4. The molecule has 1 aromatic rings. The Morgan fingerprint density at radius 3 is 2.23 bits per heavy atom. The Hall–Kier alpha value is -0.773. The molecule has 0 heterocycles. The van der Waals surface area contributed by atoms with Gasteiger partial charge in [0.1, 0.15) is 5.82 Å². The van der Waals surface area contributed by atoms with E-state index in [-0.39, 0.29) is 11.9 Å². The molecule has 13 heavy (non-hydrogen) atoms. The molecule has 0 saturated heterocycles. The summed E-state index contributed by atoms with van der Waals surface area (Å²) in [6, 6.07) is 6.05.